The van der Waals surface area contributed by atoms with Crippen molar-refractivity contribution in [2.75, 3.05) is 7.05 Å². The molecule has 0 fully saturated rings. The van der Waals surface area contributed by atoms with Crippen LogP contribution in [0.5, 0.6) is 11.6 Å². The number of nitrogens with one attached hydrogen (secondary N) is 1. The average Bonchev–Trinajstić information content (AvgIpc) is 2.43. The van der Waals surface area contributed by atoms with E-state index in [4.69, 9.17) is 4.74 Å². The Kier molecular flexibility index (Phi) is 5.34. The van der Waals surface area contributed by atoms with Gasteiger partial charge in [0, 0.05) is 18.3 Å². The molecule has 0 atom stereocenters. The molecular formula is C18H24N2O. The van der Waals surface area contributed by atoms with Crippen molar-refractivity contribution in [1.29, 1.82) is 0 Å². The van der Waals surface area contributed by atoms with Gasteiger partial charge in [-0.3, -0.25) is 0 Å². The van der Waals surface area contributed by atoms with Crippen molar-refractivity contribution in [1.82, 2.24) is 10.3 Å². The zero-order chi connectivity index (χ0) is 15.2. The van der Waals surface area contributed by atoms with Crippen molar-refractivity contribution in [2.24, 2.45) is 0 Å². The first-order valence-electron chi connectivity index (χ1n) is 7.52. The van der Waals surface area contributed by atoms with Crippen LogP contribution in [-0.4, -0.2) is 12.0 Å². The lowest BCUT2D eigenvalue weighted by Crippen LogP contribution is -2.06. The predicted molar refractivity (Wildman–Crippen MR) is 87.0 cm³/mol. The van der Waals surface area contributed by atoms with Crippen molar-refractivity contribution in [3.8, 4) is 11.6 Å². The van der Waals surface area contributed by atoms with Crippen LogP contribution in [0.4, 0.5) is 0 Å². The van der Waals surface area contributed by atoms with Gasteiger partial charge in [-0.1, -0.05) is 19.4 Å². The third-order valence-electron chi connectivity index (χ3n) is 3.50. The molecule has 0 bridgehead atoms. The molecule has 21 heavy (non-hydrogen) atoms. The molecule has 0 unspecified atom stereocenters. The lowest BCUT2D eigenvalue weighted by molar-refractivity contribution is 0.459. The minimum absolute atomic E-state index is 0.675. The quantitative estimate of drug-likeness (QED) is 0.864. The molecule has 1 aromatic carbocycles. The van der Waals surface area contributed by atoms with Crippen molar-refractivity contribution in [3.63, 3.8) is 0 Å². The molecule has 1 aromatic heterocycles. The fourth-order valence-corrected chi connectivity index (χ4v) is 2.26. The molecule has 3 nitrogen and oxygen atoms in total. The molecule has 2 aromatic rings. The van der Waals surface area contributed by atoms with Gasteiger partial charge in [-0.2, -0.15) is 0 Å². The molecule has 1 N–H and O–H groups in total. The van der Waals surface area contributed by atoms with Crippen LogP contribution in [-0.2, 0) is 13.0 Å². The first kappa shape index (κ1) is 15.5. The van der Waals surface area contributed by atoms with Gasteiger partial charge >= 0.3 is 0 Å². The molecule has 0 saturated heterocycles. The van der Waals surface area contributed by atoms with Crippen molar-refractivity contribution < 1.29 is 4.74 Å². The smallest absolute Gasteiger partial charge is 0.219 e. The number of ether oxygens (including phenoxy) is 1. The van der Waals surface area contributed by atoms with E-state index in [2.05, 4.69) is 49.3 Å². The SMILES string of the molecule is CCCc1cc(CNC)cc(Oc2ccc(C)c(C)c2)n1. The topological polar surface area (TPSA) is 34.1 Å². The molecule has 2 rings (SSSR count). The van der Waals surface area contributed by atoms with Crippen molar-refractivity contribution in [2.45, 2.75) is 40.2 Å². The van der Waals surface area contributed by atoms with Crippen molar-refractivity contribution >= 4 is 0 Å². The number of nitrogens with zero attached hydrogens (tertiary/aromatic N) is 1. The normalized spacial score (nSPS) is 10.7. The Labute approximate surface area is 127 Å². The third kappa shape index (κ3) is 4.30. The van der Waals surface area contributed by atoms with Gasteiger partial charge in [0.05, 0.1) is 0 Å². The van der Waals surface area contributed by atoms with E-state index >= 15 is 0 Å². The number of pyridine rings is 1. The van der Waals surface area contributed by atoms with Gasteiger partial charge in [-0.05, 0) is 62.2 Å². The summed E-state index contributed by atoms with van der Waals surface area (Å²) >= 11 is 0. The molecular weight excluding hydrogens is 260 g/mol. The van der Waals surface area contributed by atoms with E-state index in [0.29, 0.717) is 5.88 Å². The monoisotopic (exact) mass is 284 g/mol. The second kappa shape index (κ2) is 7.23. The molecule has 0 aliphatic carbocycles. The fraction of sp³-hybridized carbons (Fsp3) is 0.389. The Bertz CT molecular complexity index is 584. The minimum Gasteiger partial charge on any atom is -0.439 e. The molecule has 3 heteroatoms. The van der Waals surface area contributed by atoms with E-state index in [-0.39, 0.29) is 0 Å². The summed E-state index contributed by atoms with van der Waals surface area (Å²) in [5.74, 6) is 1.52. The summed E-state index contributed by atoms with van der Waals surface area (Å²) in [6, 6.07) is 10.3. The summed E-state index contributed by atoms with van der Waals surface area (Å²) in [5, 5.41) is 3.18. The number of rotatable bonds is 6. The van der Waals surface area contributed by atoms with E-state index < -0.39 is 0 Å². The van der Waals surface area contributed by atoms with Crippen molar-refractivity contribution in [3.05, 3.63) is 52.7 Å². The minimum atomic E-state index is 0.675. The van der Waals surface area contributed by atoms with Gasteiger partial charge in [-0.15, -0.1) is 0 Å². The Hall–Kier alpha value is -1.87. The molecule has 0 aliphatic heterocycles. The maximum Gasteiger partial charge on any atom is 0.219 e. The van der Waals surface area contributed by atoms with Gasteiger partial charge in [0.2, 0.25) is 5.88 Å². The summed E-state index contributed by atoms with van der Waals surface area (Å²) < 4.78 is 5.95. The fourth-order valence-electron chi connectivity index (χ4n) is 2.26. The largest absolute Gasteiger partial charge is 0.439 e. The van der Waals surface area contributed by atoms with Gasteiger partial charge in [0.1, 0.15) is 5.75 Å². The molecule has 0 amide bonds. The van der Waals surface area contributed by atoms with Gasteiger partial charge in [0.15, 0.2) is 0 Å². The van der Waals surface area contributed by atoms with Crippen LogP contribution in [0.1, 0.15) is 35.7 Å². The van der Waals surface area contributed by atoms with Gasteiger partial charge < -0.3 is 10.1 Å². The molecule has 1 heterocycles. The van der Waals surface area contributed by atoms with E-state index in [1.54, 1.807) is 0 Å². The maximum absolute atomic E-state index is 5.95. The molecule has 0 saturated carbocycles. The third-order valence-corrected chi connectivity index (χ3v) is 3.50. The second-order valence-corrected chi connectivity index (χ2v) is 5.43. The Morgan fingerprint density at radius 2 is 1.90 bits per heavy atom. The van der Waals surface area contributed by atoms with Gasteiger partial charge in [0.25, 0.3) is 0 Å². The molecule has 0 aliphatic rings. The van der Waals surface area contributed by atoms with E-state index in [9.17, 15) is 0 Å². The van der Waals surface area contributed by atoms with Crippen LogP contribution in [0.15, 0.2) is 30.3 Å². The van der Waals surface area contributed by atoms with E-state index in [0.717, 1.165) is 30.8 Å². The highest BCUT2D eigenvalue weighted by molar-refractivity contribution is 5.36. The summed E-state index contributed by atoms with van der Waals surface area (Å²) in [5.41, 5.74) is 4.79. The number of benzene rings is 1. The molecule has 112 valence electrons. The summed E-state index contributed by atoms with van der Waals surface area (Å²) in [7, 11) is 1.95. The highest BCUT2D eigenvalue weighted by Gasteiger charge is 2.05. The first-order chi connectivity index (χ1) is 10.1. The summed E-state index contributed by atoms with van der Waals surface area (Å²) in [6.07, 6.45) is 2.06. The lowest BCUT2D eigenvalue weighted by Gasteiger charge is -2.11. The Morgan fingerprint density at radius 3 is 2.57 bits per heavy atom. The summed E-state index contributed by atoms with van der Waals surface area (Å²) in [6.45, 7) is 7.18. The van der Waals surface area contributed by atoms with Crippen LogP contribution in [0.3, 0.4) is 0 Å². The number of aryl methyl sites for hydroxylation is 3. The molecule has 0 radical (unpaired) electrons. The number of aromatic nitrogens is 1. The van der Waals surface area contributed by atoms with E-state index in [1.807, 2.05) is 19.2 Å². The zero-order valence-corrected chi connectivity index (χ0v) is 13.4. The second-order valence-electron chi connectivity index (χ2n) is 5.43. The lowest BCUT2D eigenvalue weighted by atomic mass is 10.1. The predicted octanol–water partition coefficient (Wildman–Crippen LogP) is 4.16. The van der Waals surface area contributed by atoms with Gasteiger partial charge in [-0.25, -0.2) is 4.98 Å². The van der Waals surface area contributed by atoms with Crippen LogP contribution in [0.25, 0.3) is 0 Å². The highest BCUT2D eigenvalue weighted by atomic mass is 16.5. The molecule has 0 spiro atoms. The van der Waals surface area contributed by atoms with Crippen LogP contribution in [0.2, 0.25) is 0 Å². The van der Waals surface area contributed by atoms with Crippen LogP contribution in [0, 0.1) is 13.8 Å². The summed E-state index contributed by atoms with van der Waals surface area (Å²) in [4.78, 5) is 4.60. The number of hydrogen-bond acceptors (Lipinski definition) is 3. The maximum atomic E-state index is 5.95. The standard InChI is InChI=1S/C18H24N2O/c1-5-6-16-10-15(12-19-4)11-18(20-16)21-17-8-7-13(2)14(3)9-17/h7-11,19H,5-6,12H2,1-4H3. The highest BCUT2D eigenvalue weighted by Crippen LogP contribution is 2.24. The first-order valence-corrected chi connectivity index (χ1v) is 7.52. The Morgan fingerprint density at radius 1 is 1.10 bits per heavy atom. The number of hydrogen-bond donors (Lipinski definition) is 1. The Balaban J connectivity index is 2.26. The van der Waals surface area contributed by atoms with Crippen LogP contribution < -0.4 is 10.1 Å². The average molecular weight is 284 g/mol. The van der Waals surface area contributed by atoms with E-state index in [1.165, 1.54) is 16.7 Å². The van der Waals surface area contributed by atoms with Crippen LogP contribution >= 0.6 is 0 Å². The zero-order valence-electron chi connectivity index (χ0n) is 13.4.